The number of carbonyl (C=O) groups is 2. The molecule has 1 aromatic rings. The first-order valence-corrected chi connectivity index (χ1v) is 9.70. The first-order chi connectivity index (χ1) is 13.1. The standard InChI is InChI=1S/C17H20ClF3N4O2S/c1-2-25(13(16(18)22)11-24-12-4-3-8-23-10-12)14(26)5-6-15(27)28-9-7-17(19,20)21/h3-4,8,10-11,13,22H,2,5-7,9H2,1H3. The van der Waals surface area contributed by atoms with Crippen LogP contribution in [0.1, 0.15) is 26.2 Å². The molecule has 154 valence electrons. The summed E-state index contributed by atoms with van der Waals surface area (Å²) < 4.78 is 36.3. The van der Waals surface area contributed by atoms with Crippen LogP contribution in [0, 0.1) is 5.41 Å². The third kappa shape index (κ3) is 9.32. The maximum absolute atomic E-state index is 12.4. The van der Waals surface area contributed by atoms with Gasteiger partial charge in [0.2, 0.25) is 5.91 Å². The molecule has 0 aliphatic carbocycles. The van der Waals surface area contributed by atoms with E-state index in [1.165, 1.54) is 17.3 Å². The molecule has 0 saturated carbocycles. The molecular formula is C17H20ClF3N4O2S. The van der Waals surface area contributed by atoms with Crippen molar-refractivity contribution in [3.63, 3.8) is 0 Å². The number of aromatic nitrogens is 1. The van der Waals surface area contributed by atoms with Crippen LogP contribution in [0.25, 0.3) is 0 Å². The zero-order valence-corrected chi connectivity index (χ0v) is 16.7. The Morgan fingerprint density at radius 1 is 1.43 bits per heavy atom. The van der Waals surface area contributed by atoms with Crippen molar-refractivity contribution in [2.24, 2.45) is 4.99 Å². The number of aliphatic imine (C=N–C) groups is 1. The quantitative estimate of drug-likeness (QED) is 0.556. The minimum Gasteiger partial charge on any atom is -0.328 e. The van der Waals surface area contributed by atoms with Crippen molar-refractivity contribution in [1.82, 2.24) is 9.88 Å². The summed E-state index contributed by atoms with van der Waals surface area (Å²) in [6.07, 6.45) is -1.34. The number of halogens is 4. The number of rotatable bonds is 10. The van der Waals surface area contributed by atoms with Gasteiger partial charge in [0, 0.05) is 37.6 Å². The van der Waals surface area contributed by atoms with Gasteiger partial charge in [-0.25, -0.2) is 0 Å². The van der Waals surface area contributed by atoms with Crippen molar-refractivity contribution in [2.45, 2.75) is 38.4 Å². The topological polar surface area (TPSA) is 86.5 Å². The first kappa shape index (κ1) is 24.1. The van der Waals surface area contributed by atoms with Gasteiger partial charge in [0.15, 0.2) is 5.12 Å². The summed E-state index contributed by atoms with van der Waals surface area (Å²) in [4.78, 5) is 33.4. The molecule has 1 atom stereocenters. The monoisotopic (exact) mass is 436 g/mol. The summed E-state index contributed by atoms with van der Waals surface area (Å²) in [6, 6.07) is 2.46. The van der Waals surface area contributed by atoms with Crippen molar-refractivity contribution in [2.75, 3.05) is 12.3 Å². The molecule has 0 saturated heterocycles. The van der Waals surface area contributed by atoms with Crippen molar-refractivity contribution in [3.8, 4) is 0 Å². The van der Waals surface area contributed by atoms with Gasteiger partial charge >= 0.3 is 6.18 Å². The lowest BCUT2D eigenvalue weighted by Crippen LogP contribution is -2.44. The lowest BCUT2D eigenvalue weighted by atomic mass is 10.2. The van der Waals surface area contributed by atoms with Crippen LogP contribution in [0.2, 0.25) is 0 Å². The van der Waals surface area contributed by atoms with Crippen LogP contribution in [0.3, 0.4) is 0 Å². The molecule has 1 unspecified atom stereocenters. The molecule has 0 aliphatic rings. The maximum Gasteiger partial charge on any atom is 0.389 e. The number of pyridine rings is 1. The van der Waals surface area contributed by atoms with Gasteiger partial charge in [-0.05, 0) is 19.1 Å². The van der Waals surface area contributed by atoms with E-state index >= 15 is 0 Å². The zero-order chi connectivity index (χ0) is 21.2. The predicted molar refractivity (Wildman–Crippen MR) is 105 cm³/mol. The molecule has 1 heterocycles. The molecule has 0 aromatic carbocycles. The number of carbonyl (C=O) groups excluding carboxylic acids is 2. The predicted octanol–water partition coefficient (Wildman–Crippen LogP) is 4.21. The Hall–Kier alpha value is -1.94. The smallest absolute Gasteiger partial charge is 0.328 e. The Bertz CT molecular complexity index is 701. The summed E-state index contributed by atoms with van der Waals surface area (Å²) in [7, 11) is 0. The normalized spacial score (nSPS) is 12.8. The van der Waals surface area contributed by atoms with E-state index in [0.29, 0.717) is 17.4 Å². The fourth-order valence-corrected chi connectivity index (χ4v) is 3.08. The minimum atomic E-state index is -4.32. The van der Waals surface area contributed by atoms with Crippen LogP contribution in [0.4, 0.5) is 18.9 Å². The van der Waals surface area contributed by atoms with Crippen LogP contribution in [0.5, 0.6) is 0 Å². The molecule has 28 heavy (non-hydrogen) atoms. The molecule has 11 heteroatoms. The van der Waals surface area contributed by atoms with Crippen molar-refractivity contribution >= 4 is 51.5 Å². The highest BCUT2D eigenvalue weighted by molar-refractivity contribution is 8.13. The van der Waals surface area contributed by atoms with Gasteiger partial charge in [0.05, 0.1) is 18.3 Å². The average molecular weight is 437 g/mol. The van der Waals surface area contributed by atoms with Gasteiger partial charge in [-0.1, -0.05) is 23.4 Å². The molecule has 0 radical (unpaired) electrons. The Balaban J connectivity index is 2.64. The highest BCUT2D eigenvalue weighted by atomic mass is 35.5. The van der Waals surface area contributed by atoms with Gasteiger partial charge in [-0.15, -0.1) is 0 Å². The summed E-state index contributed by atoms with van der Waals surface area (Å²) in [5.74, 6) is -0.818. The van der Waals surface area contributed by atoms with Crippen LogP contribution in [-0.2, 0) is 9.59 Å². The van der Waals surface area contributed by atoms with E-state index in [2.05, 4.69) is 9.98 Å². The van der Waals surface area contributed by atoms with Crippen LogP contribution < -0.4 is 0 Å². The third-order valence-corrected chi connectivity index (χ3v) is 4.62. The molecule has 1 amide bonds. The molecule has 0 aliphatic heterocycles. The number of hydrogen-bond acceptors (Lipinski definition) is 6. The van der Waals surface area contributed by atoms with Crippen LogP contribution in [-0.4, -0.2) is 56.8 Å². The number of nitrogens with zero attached hydrogens (tertiary/aromatic N) is 3. The second-order valence-corrected chi connectivity index (χ2v) is 7.11. The minimum absolute atomic E-state index is 0.187. The van der Waals surface area contributed by atoms with Gasteiger partial charge < -0.3 is 4.90 Å². The fraction of sp³-hybridized carbons (Fsp3) is 0.471. The van der Waals surface area contributed by atoms with Crippen LogP contribution in [0.15, 0.2) is 29.5 Å². The van der Waals surface area contributed by atoms with Gasteiger partial charge in [0.1, 0.15) is 11.2 Å². The number of alkyl halides is 3. The average Bonchev–Trinajstić information content (AvgIpc) is 2.62. The largest absolute Gasteiger partial charge is 0.389 e. The maximum atomic E-state index is 12.4. The van der Waals surface area contributed by atoms with Crippen molar-refractivity contribution in [1.29, 1.82) is 5.41 Å². The van der Waals surface area contributed by atoms with E-state index in [0.717, 1.165) is 0 Å². The molecule has 1 aromatic heterocycles. The van der Waals surface area contributed by atoms with Gasteiger partial charge in [0.25, 0.3) is 0 Å². The van der Waals surface area contributed by atoms with E-state index in [1.54, 1.807) is 25.3 Å². The molecule has 6 nitrogen and oxygen atoms in total. The van der Waals surface area contributed by atoms with E-state index in [4.69, 9.17) is 17.0 Å². The van der Waals surface area contributed by atoms with Crippen molar-refractivity contribution in [3.05, 3.63) is 24.5 Å². The van der Waals surface area contributed by atoms with E-state index < -0.39 is 29.7 Å². The molecule has 1 N–H and O–H groups in total. The van der Waals surface area contributed by atoms with E-state index in [1.807, 2.05) is 0 Å². The van der Waals surface area contributed by atoms with Crippen LogP contribution >= 0.6 is 23.4 Å². The third-order valence-electron chi connectivity index (χ3n) is 3.46. The first-order valence-electron chi connectivity index (χ1n) is 8.34. The summed E-state index contributed by atoms with van der Waals surface area (Å²) in [5, 5.41) is 6.88. The second-order valence-electron chi connectivity index (χ2n) is 5.55. The number of amides is 1. The van der Waals surface area contributed by atoms with Gasteiger partial charge in [-0.2, -0.15) is 13.2 Å². The van der Waals surface area contributed by atoms with E-state index in [-0.39, 0.29) is 30.3 Å². The number of hydrogen-bond donors (Lipinski definition) is 1. The SMILES string of the molecule is CCN(C(=O)CCC(=O)SCCC(F)(F)F)C(C=Nc1cccnc1)C(=N)Cl. The van der Waals surface area contributed by atoms with Crippen molar-refractivity contribution < 1.29 is 22.8 Å². The molecule has 0 spiro atoms. The second kappa shape index (κ2) is 11.8. The Kier molecular flexibility index (Phi) is 10.2. The highest BCUT2D eigenvalue weighted by Crippen LogP contribution is 2.23. The number of thioether (sulfide) groups is 1. The highest BCUT2D eigenvalue weighted by Gasteiger charge is 2.27. The zero-order valence-electron chi connectivity index (χ0n) is 15.1. The molecule has 0 bridgehead atoms. The number of nitrogens with one attached hydrogen (secondary N) is 1. The summed E-state index contributed by atoms with van der Waals surface area (Å²) in [5.41, 5.74) is 0.519. The Morgan fingerprint density at radius 2 is 2.14 bits per heavy atom. The summed E-state index contributed by atoms with van der Waals surface area (Å²) >= 11 is 6.36. The Morgan fingerprint density at radius 3 is 2.68 bits per heavy atom. The Labute approximate surface area is 170 Å². The summed E-state index contributed by atoms with van der Waals surface area (Å²) in [6.45, 7) is 1.90. The molecule has 1 rings (SSSR count). The van der Waals surface area contributed by atoms with Gasteiger partial charge in [-0.3, -0.25) is 25.0 Å². The van der Waals surface area contributed by atoms with E-state index in [9.17, 15) is 22.8 Å². The molecule has 0 fully saturated rings. The lowest BCUT2D eigenvalue weighted by molar-refractivity contribution is -0.132. The molecular weight excluding hydrogens is 417 g/mol. The lowest BCUT2D eigenvalue weighted by Gasteiger charge is -2.26. The fourth-order valence-electron chi connectivity index (χ4n) is 2.10.